The van der Waals surface area contributed by atoms with Gasteiger partial charge < -0.3 is 15.2 Å². The summed E-state index contributed by atoms with van der Waals surface area (Å²) in [4.78, 5) is 11.7. The molecule has 4 nitrogen and oxygen atoms in total. The van der Waals surface area contributed by atoms with Gasteiger partial charge in [0.1, 0.15) is 24.2 Å². The summed E-state index contributed by atoms with van der Waals surface area (Å²) in [6, 6.07) is 9.83. The van der Waals surface area contributed by atoms with E-state index in [2.05, 4.69) is 20.7 Å². The Kier molecular flexibility index (Phi) is 5.74. The molecule has 2 rings (SSSR count). The van der Waals surface area contributed by atoms with E-state index in [1.54, 1.807) is 13.0 Å². The van der Waals surface area contributed by atoms with Crippen molar-refractivity contribution in [1.29, 1.82) is 0 Å². The molecule has 0 fully saturated rings. The third-order valence-corrected chi connectivity index (χ3v) is 4.37. The second kappa shape index (κ2) is 7.57. The Labute approximate surface area is 142 Å². The summed E-state index contributed by atoms with van der Waals surface area (Å²) in [6.45, 7) is 1.97. The highest BCUT2D eigenvalue weighted by Crippen LogP contribution is 2.35. The minimum Gasteiger partial charge on any atom is -0.488 e. The van der Waals surface area contributed by atoms with E-state index in [0.717, 1.165) is 5.56 Å². The third-order valence-electron chi connectivity index (χ3n) is 3.39. The smallest absolute Gasteiger partial charge is 0.327 e. The topological polar surface area (TPSA) is 61.5 Å². The number of benzene rings is 2. The maximum Gasteiger partial charge on any atom is 0.327 e. The number of halogens is 2. The van der Waals surface area contributed by atoms with Gasteiger partial charge >= 0.3 is 5.97 Å². The molecule has 0 heterocycles. The molecule has 0 radical (unpaired) electrons. The van der Waals surface area contributed by atoms with Crippen LogP contribution >= 0.6 is 15.9 Å². The second-order valence-corrected chi connectivity index (χ2v) is 5.80. The molecular formula is C17H17BrFNO3. The van der Waals surface area contributed by atoms with Crippen LogP contribution in [0.2, 0.25) is 0 Å². The van der Waals surface area contributed by atoms with Crippen LogP contribution in [0.4, 0.5) is 4.39 Å². The monoisotopic (exact) mass is 381 g/mol. The van der Waals surface area contributed by atoms with Crippen molar-refractivity contribution in [2.45, 2.75) is 19.6 Å². The maximum atomic E-state index is 14.6. The molecule has 0 spiro atoms. The van der Waals surface area contributed by atoms with Crippen LogP contribution in [0, 0.1) is 12.7 Å². The van der Waals surface area contributed by atoms with Gasteiger partial charge in [-0.3, -0.25) is 4.79 Å². The molecule has 0 aromatic heterocycles. The third kappa shape index (κ3) is 3.89. The molecule has 0 saturated carbocycles. The molecule has 1 unspecified atom stereocenters. The lowest BCUT2D eigenvalue weighted by Crippen LogP contribution is -2.25. The largest absolute Gasteiger partial charge is 0.488 e. The average molecular weight is 382 g/mol. The lowest BCUT2D eigenvalue weighted by molar-refractivity contribution is -0.142. The highest BCUT2D eigenvalue weighted by Gasteiger charge is 2.27. The van der Waals surface area contributed by atoms with Gasteiger partial charge in [0, 0.05) is 0 Å². The molecule has 2 aromatic rings. The molecule has 6 heteroatoms. The van der Waals surface area contributed by atoms with Crippen molar-refractivity contribution in [3.05, 3.63) is 63.4 Å². The summed E-state index contributed by atoms with van der Waals surface area (Å²) >= 11 is 3.16. The zero-order valence-corrected chi connectivity index (χ0v) is 14.4. The Hall–Kier alpha value is -1.92. The number of esters is 1. The number of rotatable bonds is 5. The number of ether oxygens (including phenoxy) is 2. The van der Waals surface area contributed by atoms with Gasteiger partial charge in [0.15, 0.2) is 0 Å². The van der Waals surface area contributed by atoms with Gasteiger partial charge in [-0.15, -0.1) is 0 Å². The highest BCUT2D eigenvalue weighted by atomic mass is 79.9. The first-order valence-electron chi connectivity index (χ1n) is 6.94. The minimum atomic E-state index is -1.26. The minimum absolute atomic E-state index is 0.0229. The van der Waals surface area contributed by atoms with Gasteiger partial charge in [0.25, 0.3) is 0 Å². The van der Waals surface area contributed by atoms with Crippen molar-refractivity contribution >= 4 is 21.9 Å². The molecule has 1 atom stereocenters. The number of methoxy groups -OCH3 is 1. The van der Waals surface area contributed by atoms with Crippen LogP contribution in [0.3, 0.4) is 0 Å². The zero-order valence-electron chi connectivity index (χ0n) is 12.8. The van der Waals surface area contributed by atoms with E-state index in [9.17, 15) is 9.18 Å². The lowest BCUT2D eigenvalue weighted by Gasteiger charge is -2.18. The average Bonchev–Trinajstić information content (AvgIpc) is 2.57. The molecule has 0 amide bonds. The zero-order chi connectivity index (χ0) is 17.0. The SMILES string of the molecule is COC(=O)C(N)c1c(OCc2ccccc2)cc(C)c(Br)c1F. The van der Waals surface area contributed by atoms with Crippen LogP contribution in [0.25, 0.3) is 0 Å². The number of carbonyl (C=O) groups is 1. The van der Waals surface area contributed by atoms with E-state index in [4.69, 9.17) is 10.5 Å². The molecular weight excluding hydrogens is 365 g/mol. The molecule has 0 aliphatic heterocycles. The Morgan fingerprint density at radius 3 is 2.61 bits per heavy atom. The first kappa shape index (κ1) is 17.4. The number of aryl methyl sites for hydroxylation is 1. The summed E-state index contributed by atoms with van der Waals surface area (Å²) < 4.78 is 25.1. The van der Waals surface area contributed by atoms with Crippen molar-refractivity contribution in [2.75, 3.05) is 7.11 Å². The molecule has 2 N–H and O–H groups in total. The van der Waals surface area contributed by atoms with Crippen molar-refractivity contribution < 1.29 is 18.7 Å². The van der Waals surface area contributed by atoms with Crippen molar-refractivity contribution in [1.82, 2.24) is 0 Å². The molecule has 0 aliphatic rings. The fraction of sp³-hybridized carbons (Fsp3) is 0.235. The second-order valence-electron chi connectivity index (χ2n) is 5.01. The van der Waals surface area contributed by atoms with E-state index in [0.29, 0.717) is 5.56 Å². The van der Waals surface area contributed by atoms with Crippen molar-refractivity contribution in [3.63, 3.8) is 0 Å². The molecule has 23 heavy (non-hydrogen) atoms. The summed E-state index contributed by atoms with van der Waals surface area (Å²) in [5.41, 5.74) is 7.37. The first-order chi connectivity index (χ1) is 11.0. The molecule has 2 aromatic carbocycles. The lowest BCUT2D eigenvalue weighted by atomic mass is 10.0. The Morgan fingerprint density at radius 2 is 2.00 bits per heavy atom. The van der Waals surface area contributed by atoms with Gasteiger partial charge in [0.2, 0.25) is 0 Å². The van der Waals surface area contributed by atoms with Gasteiger partial charge in [-0.2, -0.15) is 0 Å². The van der Waals surface area contributed by atoms with Crippen LogP contribution in [-0.2, 0) is 16.1 Å². The Bertz CT molecular complexity index is 707. The van der Waals surface area contributed by atoms with Crippen molar-refractivity contribution in [2.24, 2.45) is 5.73 Å². The van der Waals surface area contributed by atoms with E-state index < -0.39 is 17.8 Å². The predicted octanol–water partition coefficient (Wildman–Crippen LogP) is 3.65. The van der Waals surface area contributed by atoms with Gasteiger partial charge in [-0.25, -0.2) is 4.39 Å². The van der Waals surface area contributed by atoms with Gasteiger partial charge in [-0.1, -0.05) is 30.3 Å². The van der Waals surface area contributed by atoms with Crippen LogP contribution in [-0.4, -0.2) is 13.1 Å². The number of hydrogen-bond acceptors (Lipinski definition) is 4. The number of hydrogen-bond donors (Lipinski definition) is 1. The maximum absolute atomic E-state index is 14.6. The van der Waals surface area contributed by atoms with Crippen LogP contribution in [0.1, 0.15) is 22.7 Å². The quantitative estimate of drug-likeness (QED) is 0.802. The fourth-order valence-corrected chi connectivity index (χ4v) is 2.45. The molecule has 0 bridgehead atoms. The van der Waals surface area contributed by atoms with E-state index in [1.165, 1.54) is 7.11 Å². The predicted molar refractivity (Wildman–Crippen MR) is 88.6 cm³/mol. The summed E-state index contributed by atoms with van der Waals surface area (Å²) in [5.74, 6) is -1.12. The summed E-state index contributed by atoms with van der Waals surface area (Å²) in [5, 5.41) is 0. The standard InChI is InChI=1S/C17H17BrFNO3/c1-10-8-12(23-9-11-6-4-3-5-7-11)13(15(19)14(10)18)16(20)17(21)22-2/h3-8,16H,9,20H2,1-2H3. The van der Waals surface area contributed by atoms with E-state index in [1.807, 2.05) is 30.3 Å². The van der Waals surface area contributed by atoms with E-state index >= 15 is 0 Å². The number of nitrogens with two attached hydrogens (primary N) is 1. The van der Waals surface area contributed by atoms with Crippen LogP contribution in [0.5, 0.6) is 5.75 Å². The highest BCUT2D eigenvalue weighted by molar-refractivity contribution is 9.10. The van der Waals surface area contributed by atoms with Crippen molar-refractivity contribution in [3.8, 4) is 5.75 Å². The molecule has 0 aliphatic carbocycles. The molecule has 122 valence electrons. The summed E-state index contributed by atoms with van der Waals surface area (Å²) in [7, 11) is 1.20. The van der Waals surface area contributed by atoms with Crippen LogP contribution in [0.15, 0.2) is 40.9 Å². The van der Waals surface area contributed by atoms with E-state index in [-0.39, 0.29) is 22.4 Å². The van der Waals surface area contributed by atoms with Gasteiger partial charge in [0.05, 0.1) is 17.1 Å². The van der Waals surface area contributed by atoms with Gasteiger partial charge in [-0.05, 0) is 40.0 Å². The molecule has 0 saturated heterocycles. The Morgan fingerprint density at radius 1 is 1.35 bits per heavy atom. The summed E-state index contributed by atoms with van der Waals surface area (Å²) in [6.07, 6.45) is 0. The normalized spacial score (nSPS) is 11.9. The van der Waals surface area contributed by atoms with Crippen LogP contribution < -0.4 is 10.5 Å². The Balaban J connectivity index is 2.39. The fourth-order valence-electron chi connectivity index (χ4n) is 2.13. The number of carbonyl (C=O) groups excluding carboxylic acids is 1. The first-order valence-corrected chi connectivity index (χ1v) is 7.73.